The lowest BCUT2D eigenvalue weighted by molar-refractivity contribution is -0.141. The van der Waals surface area contributed by atoms with E-state index in [0.717, 1.165) is 21.8 Å². The molecule has 2 aliphatic heterocycles. The van der Waals surface area contributed by atoms with E-state index in [1.54, 1.807) is 30.7 Å². The second-order valence-electron chi connectivity index (χ2n) is 11.3. The number of nitrogens with zero attached hydrogens (tertiary/aromatic N) is 3. The van der Waals surface area contributed by atoms with Crippen molar-refractivity contribution in [3.8, 4) is 23.6 Å². The minimum Gasteiger partial charge on any atom is -0.445 e. The molecule has 5 rings (SSSR count). The van der Waals surface area contributed by atoms with Gasteiger partial charge in [0.25, 0.3) is 0 Å². The SMILES string of the molecule is C#CCO[C@H](C)[C@H](NC(=O)[C@H](C)NC)C(=O)N1CC[C@@H]2[C@H]1[C@@H](c1nc(-c3ccccc3)cs1)CN2C(=O)OCc1ccccc1. The number of nitrogens with one attached hydrogen (secondary N) is 2. The third-order valence-corrected chi connectivity index (χ3v) is 9.52. The summed E-state index contributed by atoms with van der Waals surface area (Å²) in [6, 6.07) is 17.3. The lowest BCUT2D eigenvalue weighted by Crippen LogP contribution is -2.58. The van der Waals surface area contributed by atoms with E-state index in [9.17, 15) is 14.4 Å². The average molecular weight is 630 g/mol. The molecule has 0 bridgehead atoms. The highest BCUT2D eigenvalue weighted by molar-refractivity contribution is 7.10. The molecule has 236 valence electrons. The van der Waals surface area contributed by atoms with Crippen molar-refractivity contribution in [3.05, 3.63) is 76.6 Å². The van der Waals surface area contributed by atoms with E-state index in [1.165, 1.54) is 11.3 Å². The van der Waals surface area contributed by atoms with Gasteiger partial charge < -0.3 is 29.9 Å². The number of ether oxygens (including phenoxy) is 2. The summed E-state index contributed by atoms with van der Waals surface area (Å²) in [5.74, 6) is 1.57. The van der Waals surface area contributed by atoms with Gasteiger partial charge in [0.2, 0.25) is 11.8 Å². The Balaban J connectivity index is 1.43. The van der Waals surface area contributed by atoms with Gasteiger partial charge >= 0.3 is 6.09 Å². The van der Waals surface area contributed by atoms with Gasteiger partial charge in [-0.25, -0.2) is 9.78 Å². The van der Waals surface area contributed by atoms with Crippen molar-refractivity contribution in [1.29, 1.82) is 0 Å². The van der Waals surface area contributed by atoms with E-state index >= 15 is 0 Å². The van der Waals surface area contributed by atoms with Crippen molar-refractivity contribution < 1.29 is 23.9 Å². The maximum Gasteiger partial charge on any atom is 0.410 e. The Labute approximate surface area is 268 Å². The van der Waals surface area contributed by atoms with Gasteiger partial charge in [-0.3, -0.25) is 9.59 Å². The summed E-state index contributed by atoms with van der Waals surface area (Å²) in [4.78, 5) is 49.3. The predicted octanol–water partition coefficient (Wildman–Crippen LogP) is 3.65. The molecule has 0 spiro atoms. The molecule has 0 unspecified atom stereocenters. The number of likely N-dealkylation sites (N-methyl/N-ethyl adjacent to an activating group) is 1. The monoisotopic (exact) mass is 629 g/mol. The first-order valence-electron chi connectivity index (χ1n) is 15.1. The van der Waals surface area contributed by atoms with Crippen LogP contribution in [0.1, 0.15) is 36.8 Å². The molecule has 2 saturated heterocycles. The Morgan fingerprint density at radius 3 is 2.49 bits per heavy atom. The van der Waals surface area contributed by atoms with Crippen LogP contribution in [0.5, 0.6) is 0 Å². The fraction of sp³-hybridized carbons (Fsp3) is 0.412. The lowest BCUT2D eigenvalue weighted by atomic mass is 9.98. The Morgan fingerprint density at radius 2 is 1.80 bits per heavy atom. The number of rotatable bonds is 11. The molecule has 0 aliphatic carbocycles. The zero-order chi connectivity index (χ0) is 31.9. The molecule has 3 heterocycles. The molecule has 2 aliphatic rings. The normalized spacial score (nSPS) is 21.0. The number of thiazole rings is 1. The maximum absolute atomic E-state index is 14.3. The van der Waals surface area contributed by atoms with Crippen LogP contribution >= 0.6 is 11.3 Å². The van der Waals surface area contributed by atoms with Crippen LogP contribution in [0.25, 0.3) is 11.3 Å². The van der Waals surface area contributed by atoms with Crippen molar-refractivity contribution in [2.24, 2.45) is 0 Å². The van der Waals surface area contributed by atoms with Gasteiger partial charge in [0, 0.05) is 24.0 Å². The molecule has 45 heavy (non-hydrogen) atoms. The van der Waals surface area contributed by atoms with Gasteiger partial charge in [-0.1, -0.05) is 66.6 Å². The van der Waals surface area contributed by atoms with Gasteiger partial charge in [-0.05, 0) is 32.9 Å². The zero-order valence-corrected chi connectivity index (χ0v) is 26.5. The highest BCUT2D eigenvalue weighted by Gasteiger charge is 2.54. The molecule has 3 amide bonds. The van der Waals surface area contributed by atoms with E-state index in [1.807, 2.05) is 66.0 Å². The number of hydrogen-bond donors (Lipinski definition) is 2. The predicted molar refractivity (Wildman–Crippen MR) is 172 cm³/mol. The largest absolute Gasteiger partial charge is 0.445 e. The van der Waals surface area contributed by atoms with Crippen LogP contribution in [0.4, 0.5) is 4.79 Å². The van der Waals surface area contributed by atoms with E-state index in [0.29, 0.717) is 19.5 Å². The standard InChI is InChI=1S/C34H39N5O5S/c1-5-18-43-23(3)29(37-31(40)22(2)35-4)33(41)38-17-16-28-30(38)26(32-36-27(21-45-32)25-14-10-7-11-15-25)19-39(28)34(42)44-20-24-12-8-6-9-13-24/h1,6-15,21-23,26,28-30,35H,16-20H2,2-4H3,(H,37,40)/t22-,23+,26-,28+,29-,30+/m0/s1. The molecular weight excluding hydrogens is 590 g/mol. The van der Waals surface area contributed by atoms with E-state index < -0.39 is 24.3 Å². The summed E-state index contributed by atoms with van der Waals surface area (Å²) in [6.45, 7) is 4.35. The first-order chi connectivity index (χ1) is 21.8. The summed E-state index contributed by atoms with van der Waals surface area (Å²) >= 11 is 1.52. The summed E-state index contributed by atoms with van der Waals surface area (Å²) < 4.78 is 11.5. The molecule has 11 heteroatoms. The van der Waals surface area contributed by atoms with Gasteiger partial charge in [0.1, 0.15) is 24.3 Å². The summed E-state index contributed by atoms with van der Waals surface area (Å²) in [6.07, 6.45) is 4.88. The first kappa shape index (κ1) is 32.2. The third-order valence-electron chi connectivity index (χ3n) is 8.55. The molecule has 1 aromatic heterocycles. The smallest absolute Gasteiger partial charge is 0.410 e. The summed E-state index contributed by atoms with van der Waals surface area (Å²) in [7, 11) is 1.68. The van der Waals surface area contributed by atoms with E-state index in [2.05, 4.69) is 16.6 Å². The fourth-order valence-corrected chi connectivity index (χ4v) is 6.98. The van der Waals surface area contributed by atoms with Gasteiger partial charge in [-0.2, -0.15) is 0 Å². The molecule has 0 radical (unpaired) electrons. The molecule has 3 aromatic rings. The minimum atomic E-state index is -0.976. The van der Waals surface area contributed by atoms with Crippen LogP contribution in [-0.4, -0.2) is 89.7 Å². The number of benzene rings is 2. The molecule has 2 aromatic carbocycles. The number of fused-ring (bicyclic) bond motifs is 1. The van der Waals surface area contributed by atoms with Crippen LogP contribution < -0.4 is 10.6 Å². The highest BCUT2D eigenvalue weighted by atomic mass is 32.1. The quantitative estimate of drug-likeness (QED) is 0.312. The Bertz CT molecular complexity index is 1510. The number of hydrogen-bond acceptors (Lipinski definition) is 8. The molecule has 2 N–H and O–H groups in total. The number of carbonyl (C=O) groups is 3. The van der Waals surface area contributed by atoms with Crippen LogP contribution in [0.2, 0.25) is 0 Å². The maximum atomic E-state index is 14.3. The molecule has 2 fully saturated rings. The first-order valence-corrected chi connectivity index (χ1v) is 16.0. The Hall–Kier alpha value is -4.24. The number of aromatic nitrogens is 1. The Kier molecular flexibility index (Phi) is 10.5. The van der Waals surface area contributed by atoms with Crippen molar-refractivity contribution in [3.63, 3.8) is 0 Å². The van der Waals surface area contributed by atoms with Crippen LogP contribution in [-0.2, 0) is 25.7 Å². The van der Waals surface area contributed by atoms with Gasteiger partial charge in [-0.15, -0.1) is 17.8 Å². The average Bonchev–Trinajstić information content (AvgIpc) is 3.82. The second-order valence-corrected chi connectivity index (χ2v) is 12.2. The van der Waals surface area contributed by atoms with Gasteiger partial charge in [0.15, 0.2) is 0 Å². The lowest BCUT2D eigenvalue weighted by Gasteiger charge is -2.33. The number of amides is 3. The molecule has 6 atom stereocenters. The fourth-order valence-electron chi connectivity index (χ4n) is 6.02. The minimum absolute atomic E-state index is 0.000508. The molecular formula is C34H39N5O5S. The number of carbonyl (C=O) groups excluding carboxylic acids is 3. The number of likely N-dealkylation sites (tertiary alicyclic amines) is 2. The summed E-state index contributed by atoms with van der Waals surface area (Å²) in [5, 5.41) is 8.64. The highest BCUT2D eigenvalue weighted by Crippen LogP contribution is 2.43. The summed E-state index contributed by atoms with van der Waals surface area (Å²) in [5.41, 5.74) is 2.73. The van der Waals surface area contributed by atoms with Crippen molar-refractivity contribution in [1.82, 2.24) is 25.4 Å². The second kappa shape index (κ2) is 14.7. The van der Waals surface area contributed by atoms with Crippen molar-refractivity contribution in [2.45, 2.75) is 63.1 Å². The van der Waals surface area contributed by atoms with Crippen LogP contribution in [0.3, 0.4) is 0 Å². The van der Waals surface area contributed by atoms with Gasteiger partial charge in [0.05, 0.1) is 35.8 Å². The van der Waals surface area contributed by atoms with E-state index in [-0.39, 0.29) is 43.0 Å². The number of terminal acetylenes is 1. The zero-order valence-electron chi connectivity index (χ0n) is 25.7. The van der Waals surface area contributed by atoms with Crippen LogP contribution in [0.15, 0.2) is 66.0 Å². The van der Waals surface area contributed by atoms with E-state index in [4.69, 9.17) is 20.9 Å². The van der Waals surface area contributed by atoms with Crippen molar-refractivity contribution >= 4 is 29.2 Å². The molecule has 0 saturated carbocycles. The third kappa shape index (κ3) is 7.20. The van der Waals surface area contributed by atoms with Crippen LogP contribution in [0, 0.1) is 12.3 Å². The Morgan fingerprint density at radius 1 is 1.09 bits per heavy atom. The topological polar surface area (TPSA) is 113 Å². The molecule has 10 nitrogen and oxygen atoms in total. The van der Waals surface area contributed by atoms with Crippen molar-refractivity contribution in [2.75, 3.05) is 26.7 Å².